The van der Waals surface area contributed by atoms with Gasteiger partial charge >= 0.3 is 0 Å². The Kier molecular flexibility index (Phi) is 10.9. The lowest BCUT2D eigenvalue weighted by molar-refractivity contribution is -0.125. The lowest BCUT2D eigenvalue weighted by atomic mass is 10.1. The molecular weight excluding hydrogens is 303 g/mol. The molecule has 6 nitrogen and oxygen atoms in total. The summed E-state index contributed by atoms with van der Waals surface area (Å²) in [5, 5.41) is 5.12. The third kappa shape index (κ3) is 7.28. The van der Waals surface area contributed by atoms with Crippen LogP contribution in [0.5, 0.6) is 0 Å². The number of carbonyl (C=O) groups is 2. The standard InChI is InChI=1S/C12H18N4O2.2ClH/c1-8(2)11(13)12(18)15-7-10(17)16-9-3-5-14-6-4-9;;/h3-6,8,11H,7,13H2,1-2H3,(H,15,18)(H,14,16,17);2*1H/t11-;;/m0../s1. The van der Waals surface area contributed by atoms with Crippen LogP contribution in [-0.2, 0) is 9.59 Å². The quantitative estimate of drug-likeness (QED) is 0.752. The van der Waals surface area contributed by atoms with E-state index in [1.165, 1.54) is 0 Å². The Morgan fingerprint density at radius 2 is 1.80 bits per heavy atom. The number of carbonyl (C=O) groups excluding carboxylic acids is 2. The van der Waals surface area contributed by atoms with Gasteiger partial charge in [-0.05, 0) is 18.1 Å². The van der Waals surface area contributed by atoms with Crippen LogP contribution >= 0.6 is 24.8 Å². The van der Waals surface area contributed by atoms with Crippen LogP contribution in [0.4, 0.5) is 5.69 Å². The molecule has 1 aromatic heterocycles. The number of aromatic nitrogens is 1. The van der Waals surface area contributed by atoms with Crippen molar-refractivity contribution in [3.05, 3.63) is 24.5 Å². The number of nitrogens with two attached hydrogens (primary N) is 1. The molecular formula is C12H20Cl2N4O2. The Morgan fingerprint density at radius 1 is 1.25 bits per heavy atom. The van der Waals surface area contributed by atoms with E-state index in [4.69, 9.17) is 5.73 Å². The Hall–Kier alpha value is -1.37. The van der Waals surface area contributed by atoms with Gasteiger partial charge in [-0.1, -0.05) is 13.8 Å². The van der Waals surface area contributed by atoms with Crippen molar-refractivity contribution >= 4 is 42.3 Å². The summed E-state index contributed by atoms with van der Waals surface area (Å²) in [6, 6.07) is 2.73. The molecule has 0 unspecified atom stereocenters. The molecule has 1 heterocycles. The fourth-order valence-corrected chi connectivity index (χ4v) is 1.23. The first kappa shape index (κ1) is 20.9. The normalized spacial score (nSPS) is 10.8. The smallest absolute Gasteiger partial charge is 0.243 e. The molecule has 4 N–H and O–H groups in total. The minimum absolute atomic E-state index is 0. The molecule has 0 fully saturated rings. The Labute approximate surface area is 130 Å². The number of amides is 2. The topological polar surface area (TPSA) is 97.1 Å². The van der Waals surface area contributed by atoms with Gasteiger partial charge in [-0.25, -0.2) is 0 Å². The SMILES string of the molecule is CC(C)[C@H](N)C(=O)NCC(=O)Nc1ccncc1.Cl.Cl. The fourth-order valence-electron chi connectivity index (χ4n) is 1.23. The van der Waals surface area contributed by atoms with Gasteiger partial charge in [0.2, 0.25) is 11.8 Å². The van der Waals surface area contributed by atoms with Crippen LogP contribution in [0.15, 0.2) is 24.5 Å². The second kappa shape index (κ2) is 10.4. The molecule has 0 aliphatic heterocycles. The van der Waals surface area contributed by atoms with E-state index in [-0.39, 0.29) is 49.1 Å². The van der Waals surface area contributed by atoms with Crippen molar-refractivity contribution < 1.29 is 9.59 Å². The Bertz CT molecular complexity index is 415. The van der Waals surface area contributed by atoms with Gasteiger partial charge in [0.05, 0.1) is 12.6 Å². The summed E-state index contributed by atoms with van der Waals surface area (Å²) in [6.07, 6.45) is 3.14. The number of anilines is 1. The lowest BCUT2D eigenvalue weighted by Gasteiger charge is -2.15. The van der Waals surface area contributed by atoms with Gasteiger partial charge < -0.3 is 16.4 Å². The zero-order valence-corrected chi connectivity index (χ0v) is 13.0. The fraction of sp³-hybridized carbons (Fsp3) is 0.417. The highest BCUT2D eigenvalue weighted by molar-refractivity contribution is 5.95. The average Bonchev–Trinajstić information content (AvgIpc) is 2.36. The van der Waals surface area contributed by atoms with E-state index < -0.39 is 6.04 Å². The third-order valence-electron chi connectivity index (χ3n) is 2.41. The van der Waals surface area contributed by atoms with Gasteiger partial charge in [0.25, 0.3) is 0 Å². The van der Waals surface area contributed by atoms with Gasteiger partial charge in [-0.3, -0.25) is 14.6 Å². The van der Waals surface area contributed by atoms with Crippen molar-refractivity contribution in [2.75, 3.05) is 11.9 Å². The van der Waals surface area contributed by atoms with E-state index in [1.54, 1.807) is 24.5 Å². The molecule has 1 rings (SSSR count). The molecule has 2 amide bonds. The predicted molar refractivity (Wildman–Crippen MR) is 83.2 cm³/mol. The summed E-state index contributed by atoms with van der Waals surface area (Å²) in [5.74, 6) is -0.589. The monoisotopic (exact) mass is 322 g/mol. The number of rotatable bonds is 5. The van der Waals surface area contributed by atoms with Crippen molar-refractivity contribution in [3.63, 3.8) is 0 Å². The van der Waals surface area contributed by atoms with Gasteiger partial charge in [0.1, 0.15) is 0 Å². The van der Waals surface area contributed by atoms with E-state index in [0.717, 1.165) is 0 Å². The molecule has 0 radical (unpaired) electrons. The third-order valence-corrected chi connectivity index (χ3v) is 2.41. The Balaban J connectivity index is 0. The summed E-state index contributed by atoms with van der Waals surface area (Å²) >= 11 is 0. The van der Waals surface area contributed by atoms with Crippen LogP contribution in [0.2, 0.25) is 0 Å². The number of hydrogen-bond acceptors (Lipinski definition) is 4. The van der Waals surface area contributed by atoms with Crippen LogP contribution in [0, 0.1) is 5.92 Å². The van der Waals surface area contributed by atoms with Crippen molar-refractivity contribution in [2.45, 2.75) is 19.9 Å². The van der Waals surface area contributed by atoms with Crippen LogP contribution in [0.25, 0.3) is 0 Å². The van der Waals surface area contributed by atoms with Gasteiger partial charge in [0, 0.05) is 18.1 Å². The van der Waals surface area contributed by atoms with E-state index >= 15 is 0 Å². The summed E-state index contributed by atoms with van der Waals surface area (Å²) in [6.45, 7) is 3.60. The molecule has 0 saturated heterocycles. The van der Waals surface area contributed by atoms with Crippen molar-refractivity contribution in [2.24, 2.45) is 11.7 Å². The van der Waals surface area contributed by atoms with Crippen molar-refractivity contribution in [3.8, 4) is 0 Å². The van der Waals surface area contributed by atoms with Gasteiger partial charge in [0.15, 0.2) is 0 Å². The predicted octanol–water partition coefficient (Wildman–Crippen LogP) is 0.963. The number of nitrogens with one attached hydrogen (secondary N) is 2. The maximum atomic E-state index is 11.5. The van der Waals surface area contributed by atoms with Crippen LogP contribution in [0.1, 0.15) is 13.8 Å². The largest absolute Gasteiger partial charge is 0.346 e. The molecule has 8 heteroatoms. The molecule has 0 aliphatic rings. The zero-order chi connectivity index (χ0) is 13.5. The average molecular weight is 323 g/mol. The van der Waals surface area contributed by atoms with Crippen molar-refractivity contribution in [1.29, 1.82) is 0 Å². The number of nitrogens with zero attached hydrogens (tertiary/aromatic N) is 1. The van der Waals surface area contributed by atoms with Crippen LogP contribution in [-0.4, -0.2) is 29.4 Å². The zero-order valence-electron chi connectivity index (χ0n) is 11.3. The highest BCUT2D eigenvalue weighted by Gasteiger charge is 2.17. The summed E-state index contributed by atoms with van der Waals surface area (Å²) in [4.78, 5) is 26.9. The molecule has 0 aliphatic carbocycles. The lowest BCUT2D eigenvalue weighted by Crippen LogP contribution is -2.46. The molecule has 1 aromatic rings. The van der Waals surface area contributed by atoms with E-state index in [2.05, 4.69) is 15.6 Å². The maximum Gasteiger partial charge on any atom is 0.243 e. The number of halogens is 2. The van der Waals surface area contributed by atoms with E-state index in [1.807, 2.05) is 13.8 Å². The van der Waals surface area contributed by atoms with Crippen LogP contribution < -0.4 is 16.4 Å². The first-order chi connectivity index (χ1) is 8.50. The summed E-state index contributed by atoms with van der Waals surface area (Å²) in [5.41, 5.74) is 6.28. The Morgan fingerprint density at radius 3 is 2.30 bits per heavy atom. The first-order valence-electron chi connectivity index (χ1n) is 5.74. The van der Waals surface area contributed by atoms with Crippen molar-refractivity contribution in [1.82, 2.24) is 10.3 Å². The van der Waals surface area contributed by atoms with E-state index in [9.17, 15) is 9.59 Å². The minimum atomic E-state index is -0.598. The molecule has 0 spiro atoms. The number of pyridine rings is 1. The minimum Gasteiger partial charge on any atom is -0.346 e. The maximum absolute atomic E-state index is 11.5. The van der Waals surface area contributed by atoms with Gasteiger partial charge in [-0.2, -0.15) is 0 Å². The highest BCUT2D eigenvalue weighted by atomic mass is 35.5. The molecule has 0 saturated carbocycles. The highest BCUT2D eigenvalue weighted by Crippen LogP contribution is 2.02. The number of hydrogen-bond donors (Lipinski definition) is 3. The molecule has 20 heavy (non-hydrogen) atoms. The summed E-state index contributed by atoms with van der Waals surface area (Å²) < 4.78 is 0. The van der Waals surface area contributed by atoms with Gasteiger partial charge in [-0.15, -0.1) is 24.8 Å². The molecule has 0 bridgehead atoms. The summed E-state index contributed by atoms with van der Waals surface area (Å²) in [7, 11) is 0. The second-order valence-electron chi connectivity index (χ2n) is 4.27. The molecule has 114 valence electrons. The first-order valence-corrected chi connectivity index (χ1v) is 5.74. The van der Waals surface area contributed by atoms with Crippen LogP contribution in [0.3, 0.4) is 0 Å². The molecule has 0 aromatic carbocycles. The second-order valence-corrected chi connectivity index (χ2v) is 4.27. The molecule has 1 atom stereocenters. The van der Waals surface area contributed by atoms with E-state index in [0.29, 0.717) is 5.69 Å².